The molecule has 1 aromatic carbocycles. The number of nitrogens with one attached hydrogen (secondary N) is 2. The average molecular weight is 402 g/mol. The van der Waals surface area contributed by atoms with Crippen molar-refractivity contribution in [2.24, 2.45) is 7.05 Å². The molecule has 2 aromatic heterocycles. The first-order valence-electron chi connectivity index (χ1n) is 8.97. The summed E-state index contributed by atoms with van der Waals surface area (Å²) in [6, 6.07) is 7.67. The Bertz CT molecular complexity index is 1020. The highest BCUT2D eigenvalue weighted by Gasteiger charge is 2.17. The van der Waals surface area contributed by atoms with Gasteiger partial charge in [-0.1, -0.05) is 35.3 Å². The van der Waals surface area contributed by atoms with Gasteiger partial charge in [-0.2, -0.15) is 5.10 Å². The number of anilines is 1. The van der Waals surface area contributed by atoms with E-state index in [0.717, 1.165) is 47.5 Å². The molecule has 0 saturated carbocycles. The molecular formula is C20H21Cl2N5. The molecule has 0 spiro atoms. The summed E-state index contributed by atoms with van der Waals surface area (Å²) in [7, 11) is 1.91. The quantitative estimate of drug-likeness (QED) is 0.657. The van der Waals surface area contributed by atoms with Crippen molar-refractivity contribution in [3.8, 4) is 0 Å². The molecule has 140 valence electrons. The molecule has 7 heteroatoms. The first-order valence-corrected chi connectivity index (χ1v) is 9.73. The van der Waals surface area contributed by atoms with E-state index in [2.05, 4.69) is 34.8 Å². The van der Waals surface area contributed by atoms with E-state index in [1.54, 1.807) is 10.7 Å². The maximum atomic E-state index is 6.39. The maximum Gasteiger partial charge on any atom is 0.134 e. The van der Waals surface area contributed by atoms with Gasteiger partial charge < -0.3 is 10.6 Å². The summed E-state index contributed by atoms with van der Waals surface area (Å²) in [6.45, 7) is 3.92. The minimum atomic E-state index is -0.00257. The van der Waals surface area contributed by atoms with Crippen LogP contribution >= 0.6 is 23.2 Å². The van der Waals surface area contributed by atoms with E-state index in [-0.39, 0.29) is 6.04 Å². The van der Waals surface area contributed by atoms with Crippen molar-refractivity contribution < 1.29 is 0 Å². The Morgan fingerprint density at radius 3 is 2.85 bits per heavy atom. The van der Waals surface area contributed by atoms with Crippen molar-refractivity contribution >= 4 is 45.5 Å². The number of benzene rings is 1. The Hall–Kier alpha value is -2.08. The van der Waals surface area contributed by atoms with Gasteiger partial charge in [-0.15, -0.1) is 0 Å². The second-order valence-electron chi connectivity index (χ2n) is 6.81. The molecule has 5 nitrogen and oxygen atoms in total. The Balaban J connectivity index is 1.74. The van der Waals surface area contributed by atoms with E-state index < -0.39 is 0 Å². The van der Waals surface area contributed by atoms with E-state index in [9.17, 15) is 0 Å². The third-order valence-corrected chi connectivity index (χ3v) is 5.34. The highest BCUT2D eigenvalue weighted by molar-refractivity contribution is 6.35. The number of aryl methyl sites for hydroxylation is 1. The smallest absolute Gasteiger partial charge is 0.134 e. The number of aromatic nitrogens is 3. The van der Waals surface area contributed by atoms with Gasteiger partial charge in [-0.05, 0) is 49.2 Å². The molecule has 1 aliphatic heterocycles. The number of hydrogen-bond donors (Lipinski definition) is 2. The highest BCUT2D eigenvalue weighted by Crippen LogP contribution is 2.32. The minimum absolute atomic E-state index is 0.00257. The fraction of sp³-hybridized carbons (Fsp3) is 0.300. The molecular weight excluding hydrogens is 381 g/mol. The predicted molar refractivity (Wildman–Crippen MR) is 112 cm³/mol. The Morgan fingerprint density at radius 1 is 1.26 bits per heavy atom. The van der Waals surface area contributed by atoms with Crippen LogP contribution in [0.1, 0.15) is 30.6 Å². The molecule has 1 atom stereocenters. The molecule has 4 rings (SSSR count). The number of fused-ring (bicyclic) bond motifs is 1. The van der Waals surface area contributed by atoms with Crippen molar-refractivity contribution in [3.63, 3.8) is 0 Å². The van der Waals surface area contributed by atoms with Crippen LogP contribution in [0.25, 0.3) is 16.6 Å². The van der Waals surface area contributed by atoms with Gasteiger partial charge in [-0.3, -0.25) is 4.68 Å². The molecule has 0 fully saturated rings. The van der Waals surface area contributed by atoms with E-state index in [0.29, 0.717) is 10.0 Å². The van der Waals surface area contributed by atoms with Crippen molar-refractivity contribution in [1.29, 1.82) is 0 Å². The number of rotatable bonds is 4. The zero-order valence-corrected chi connectivity index (χ0v) is 16.8. The van der Waals surface area contributed by atoms with Crippen LogP contribution in [0, 0.1) is 0 Å². The molecule has 0 saturated heterocycles. The van der Waals surface area contributed by atoms with Gasteiger partial charge >= 0.3 is 0 Å². The number of pyridine rings is 1. The summed E-state index contributed by atoms with van der Waals surface area (Å²) in [5, 5.41) is 12.8. The molecule has 0 bridgehead atoms. The van der Waals surface area contributed by atoms with Crippen LogP contribution in [-0.2, 0) is 7.05 Å². The van der Waals surface area contributed by atoms with E-state index >= 15 is 0 Å². The topological polar surface area (TPSA) is 54.8 Å². The van der Waals surface area contributed by atoms with Crippen LogP contribution in [0.3, 0.4) is 0 Å². The summed E-state index contributed by atoms with van der Waals surface area (Å²) in [6.07, 6.45) is 5.12. The van der Waals surface area contributed by atoms with Crippen LogP contribution in [0.4, 0.5) is 5.69 Å². The van der Waals surface area contributed by atoms with E-state index in [4.69, 9.17) is 28.2 Å². The van der Waals surface area contributed by atoms with Crippen LogP contribution in [0.15, 0.2) is 36.5 Å². The van der Waals surface area contributed by atoms with Gasteiger partial charge in [-0.25, -0.2) is 4.98 Å². The Morgan fingerprint density at radius 2 is 2.11 bits per heavy atom. The van der Waals surface area contributed by atoms with Gasteiger partial charge in [0.1, 0.15) is 11.0 Å². The van der Waals surface area contributed by atoms with Crippen LogP contribution in [0.2, 0.25) is 10.0 Å². The molecule has 1 aliphatic rings. The lowest BCUT2D eigenvalue weighted by molar-refractivity contribution is 0.737. The molecule has 0 radical (unpaired) electrons. The van der Waals surface area contributed by atoms with Gasteiger partial charge in [0.2, 0.25) is 0 Å². The maximum absolute atomic E-state index is 6.39. The summed E-state index contributed by atoms with van der Waals surface area (Å²) < 4.78 is 1.80. The number of nitrogens with zero attached hydrogens (tertiary/aromatic N) is 3. The largest absolute Gasteiger partial charge is 0.377 e. The molecule has 3 aromatic rings. The summed E-state index contributed by atoms with van der Waals surface area (Å²) in [4.78, 5) is 4.83. The molecule has 0 aliphatic carbocycles. The molecule has 2 N–H and O–H groups in total. The average Bonchev–Trinajstić information content (AvgIpc) is 3.03. The second kappa shape index (κ2) is 7.50. The normalized spacial score (nSPS) is 15.6. The molecule has 3 heterocycles. The number of halogens is 2. The molecule has 0 amide bonds. The third-order valence-electron chi connectivity index (χ3n) is 4.78. The Labute approximate surface area is 168 Å². The summed E-state index contributed by atoms with van der Waals surface area (Å²) >= 11 is 12.4. The third kappa shape index (κ3) is 3.81. The SMILES string of the molecule is C[C@@H](Nc1cc(C2=CCNCC2)nc2cn(C)nc12)c1ccc(Cl)cc1Cl. The van der Waals surface area contributed by atoms with Crippen LogP contribution < -0.4 is 10.6 Å². The first-order chi connectivity index (χ1) is 13.0. The van der Waals surface area contributed by atoms with E-state index in [1.807, 2.05) is 25.4 Å². The van der Waals surface area contributed by atoms with Crippen molar-refractivity contribution in [2.75, 3.05) is 18.4 Å². The van der Waals surface area contributed by atoms with Crippen LogP contribution in [0.5, 0.6) is 0 Å². The van der Waals surface area contributed by atoms with Crippen molar-refractivity contribution in [2.45, 2.75) is 19.4 Å². The molecule has 0 unspecified atom stereocenters. The molecule has 27 heavy (non-hydrogen) atoms. The zero-order chi connectivity index (χ0) is 19.0. The van der Waals surface area contributed by atoms with Gasteiger partial charge in [0.05, 0.1) is 23.6 Å². The second-order valence-corrected chi connectivity index (χ2v) is 7.65. The monoisotopic (exact) mass is 401 g/mol. The predicted octanol–water partition coefficient (Wildman–Crippen LogP) is 4.82. The van der Waals surface area contributed by atoms with Crippen molar-refractivity contribution in [1.82, 2.24) is 20.1 Å². The summed E-state index contributed by atoms with van der Waals surface area (Å²) in [5.74, 6) is 0. The standard InChI is InChI=1S/C20H21Cl2N5/c1-12(15-4-3-14(21)9-16(15)22)24-18-10-17(13-5-7-23-8-6-13)25-19-11-27(2)26-20(18)19/h3-5,9-12,23-24H,6-8H2,1-2H3/t12-/m1/s1. The Kier molecular flexibility index (Phi) is 5.08. The minimum Gasteiger partial charge on any atom is -0.377 e. The highest BCUT2D eigenvalue weighted by atomic mass is 35.5. The van der Waals surface area contributed by atoms with Crippen molar-refractivity contribution in [3.05, 3.63) is 57.8 Å². The van der Waals surface area contributed by atoms with Gasteiger partial charge in [0, 0.05) is 23.6 Å². The first kappa shape index (κ1) is 18.3. The number of hydrogen-bond acceptors (Lipinski definition) is 4. The fourth-order valence-electron chi connectivity index (χ4n) is 3.41. The van der Waals surface area contributed by atoms with E-state index in [1.165, 1.54) is 5.57 Å². The summed E-state index contributed by atoms with van der Waals surface area (Å²) in [5.41, 5.74) is 5.94. The van der Waals surface area contributed by atoms with Crippen LogP contribution in [-0.4, -0.2) is 27.9 Å². The van der Waals surface area contributed by atoms with Gasteiger partial charge in [0.15, 0.2) is 0 Å². The lowest BCUT2D eigenvalue weighted by Gasteiger charge is -2.19. The fourth-order valence-corrected chi connectivity index (χ4v) is 3.98. The lowest BCUT2D eigenvalue weighted by atomic mass is 10.0. The lowest BCUT2D eigenvalue weighted by Crippen LogP contribution is -2.20. The zero-order valence-electron chi connectivity index (χ0n) is 15.3. The van der Waals surface area contributed by atoms with Gasteiger partial charge in [0.25, 0.3) is 0 Å².